The summed E-state index contributed by atoms with van der Waals surface area (Å²) in [6.45, 7) is 7.34. The van der Waals surface area contributed by atoms with Crippen LogP contribution >= 0.6 is 0 Å². The molecule has 1 aliphatic carbocycles. The molecule has 1 aromatic rings. The average molecular weight is 294 g/mol. The molecule has 0 saturated heterocycles. The van der Waals surface area contributed by atoms with E-state index in [-0.39, 0.29) is 5.82 Å². The van der Waals surface area contributed by atoms with Crippen LogP contribution in [0.5, 0.6) is 0 Å². The fourth-order valence-corrected chi connectivity index (χ4v) is 2.60. The number of rotatable bonds is 9. The van der Waals surface area contributed by atoms with E-state index in [0.29, 0.717) is 25.1 Å². The van der Waals surface area contributed by atoms with Crippen LogP contribution in [0.15, 0.2) is 18.2 Å². The van der Waals surface area contributed by atoms with Crippen LogP contribution < -0.4 is 10.2 Å². The third-order valence-electron chi connectivity index (χ3n) is 3.74. The number of benzene rings is 1. The largest absolute Gasteiger partial charge is 0.383 e. The Morgan fingerprint density at radius 1 is 1.38 bits per heavy atom. The second-order valence-electron chi connectivity index (χ2n) is 6.18. The van der Waals surface area contributed by atoms with Gasteiger partial charge in [0.1, 0.15) is 5.82 Å². The molecule has 0 bridgehead atoms. The first kappa shape index (κ1) is 16.2. The zero-order valence-electron chi connectivity index (χ0n) is 13.4. The summed E-state index contributed by atoms with van der Waals surface area (Å²) in [5.41, 5.74) is 1.83. The Labute approximate surface area is 127 Å². The lowest BCUT2D eigenvalue weighted by molar-refractivity contribution is 0.199. The van der Waals surface area contributed by atoms with Gasteiger partial charge in [0.25, 0.3) is 0 Å². The SMILES string of the molecule is COCCNCc1c(F)cccc1N(CC(C)C)C1CC1. The molecule has 0 atom stereocenters. The zero-order valence-corrected chi connectivity index (χ0v) is 13.4. The molecule has 0 radical (unpaired) electrons. The Hall–Kier alpha value is -1.13. The third kappa shape index (κ3) is 4.68. The lowest BCUT2D eigenvalue weighted by Gasteiger charge is -2.29. The Balaban J connectivity index is 2.14. The summed E-state index contributed by atoms with van der Waals surface area (Å²) in [6, 6.07) is 6.01. The Bertz CT molecular complexity index is 446. The fourth-order valence-electron chi connectivity index (χ4n) is 2.60. The van der Waals surface area contributed by atoms with Crippen LogP contribution in [-0.2, 0) is 11.3 Å². The number of halogens is 1. The maximum Gasteiger partial charge on any atom is 0.129 e. The quantitative estimate of drug-likeness (QED) is 0.708. The van der Waals surface area contributed by atoms with Gasteiger partial charge in [-0.25, -0.2) is 4.39 Å². The first-order valence-corrected chi connectivity index (χ1v) is 7.87. The van der Waals surface area contributed by atoms with Gasteiger partial charge < -0.3 is 15.0 Å². The number of ether oxygens (including phenoxy) is 1. The van der Waals surface area contributed by atoms with Crippen molar-refractivity contribution >= 4 is 5.69 Å². The van der Waals surface area contributed by atoms with Crippen LogP contribution in [0.1, 0.15) is 32.3 Å². The summed E-state index contributed by atoms with van der Waals surface area (Å²) in [7, 11) is 1.67. The van der Waals surface area contributed by atoms with Crippen LogP contribution in [0.3, 0.4) is 0 Å². The first-order chi connectivity index (χ1) is 10.1. The van der Waals surface area contributed by atoms with E-state index in [4.69, 9.17) is 4.74 Å². The van der Waals surface area contributed by atoms with Crippen molar-refractivity contribution in [2.75, 3.05) is 31.7 Å². The molecular formula is C17H27FN2O. The fraction of sp³-hybridized carbons (Fsp3) is 0.647. The van der Waals surface area contributed by atoms with Gasteiger partial charge in [0.2, 0.25) is 0 Å². The minimum absolute atomic E-state index is 0.119. The summed E-state index contributed by atoms with van der Waals surface area (Å²) in [5.74, 6) is 0.454. The predicted octanol–water partition coefficient (Wildman–Crippen LogP) is 3.19. The van der Waals surface area contributed by atoms with Gasteiger partial charge in [0.05, 0.1) is 6.61 Å². The van der Waals surface area contributed by atoms with Crippen molar-refractivity contribution < 1.29 is 9.13 Å². The summed E-state index contributed by atoms with van der Waals surface area (Å²) < 4.78 is 19.3. The van der Waals surface area contributed by atoms with Crippen molar-refractivity contribution in [1.82, 2.24) is 5.32 Å². The average Bonchev–Trinajstić information content (AvgIpc) is 3.26. The molecule has 0 spiro atoms. The van der Waals surface area contributed by atoms with E-state index < -0.39 is 0 Å². The standard InChI is InChI=1S/C17H27FN2O/c1-13(2)12-20(14-7-8-14)17-6-4-5-16(18)15(17)11-19-9-10-21-3/h4-6,13-14,19H,7-12H2,1-3H3. The molecule has 1 aromatic carbocycles. The van der Waals surface area contributed by atoms with Crippen molar-refractivity contribution in [2.45, 2.75) is 39.3 Å². The normalized spacial score (nSPS) is 14.7. The third-order valence-corrected chi connectivity index (χ3v) is 3.74. The molecule has 1 aliphatic rings. The van der Waals surface area contributed by atoms with Gasteiger partial charge in [-0.3, -0.25) is 0 Å². The van der Waals surface area contributed by atoms with Gasteiger partial charge >= 0.3 is 0 Å². The van der Waals surface area contributed by atoms with Crippen molar-refractivity contribution in [3.8, 4) is 0 Å². The van der Waals surface area contributed by atoms with Crippen LogP contribution in [0, 0.1) is 11.7 Å². The number of methoxy groups -OCH3 is 1. The van der Waals surface area contributed by atoms with E-state index in [1.807, 2.05) is 6.07 Å². The van der Waals surface area contributed by atoms with Gasteiger partial charge in [-0.2, -0.15) is 0 Å². The van der Waals surface area contributed by atoms with Gasteiger partial charge in [0.15, 0.2) is 0 Å². The molecule has 1 fully saturated rings. The van der Waals surface area contributed by atoms with Crippen LogP contribution in [0.4, 0.5) is 10.1 Å². The highest BCUT2D eigenvalue weighted by Crippen LogP contribution is 2.35. The number of hydrogen-bond donors (Lipinski definition) is 1. The van der Waals surface area contributed by atoms with Gasteiger partial charge in [0, 0.05) is 44.0 Å². The molecule has 0 amide bonds. The number of nitrogens with zero attached hydrogens (tertiary/aromatic N) is 1. The van der Waals surface area contributed by atoms with Gasteiger partial charge in [-0.05, 0) is 30.9 Å². The topological polar surface area (TPSA) is 24.5 Å². The smallest absolute Gasteiger partial charge is 0.129 e. The Morgan fingerprint density at radius 3 is 2.76 bits per heavy atom. The summed E-state index contributed by atoms with van der Waals surface area (Å²) >= 11 is 0. The lowest BCUT2D eigenvalue weighted by Crippen LogP contribution is -2.32. The summed E-state index contributed by atoms with van der Waals surface area (Å²) in [6.07, 6.45) is 2.44. The summed E-state index contributed by atoms with van der Waals surface area (Å²) in [4.78, 5) is 2.39. The Kier molecular flexibility index (Phi) is 6.00. The highest BCUT2D eigenvalue weighted by Gasteiger charge is 2.31. The molecule has 2 rings (SSSR count). The maximum absolute atomic E-state index is 14.2. The predicted molar refractivity (Wildman–Crippen MR) is 85.2 cm³/mol. The van der Waals surface area contributed by atoms with Gasteiger partial charge in [-0.1, -0.05) is 19.9 Å². The molecule has 0 aromatic heterocycles. The molecule has 0 aliphatic heterocycles. The van der Waals surface area contributed by atoms with Gasteiger partial charge in [-0.15, -0.1) is 0 Å². The maximum atomic E-state index is 14.2. The molecule has 118 valence electrons. The summed E-state index contributed by atoms with van der Waals surface area (Å²) in [5, 5.41) is 3.26. The van der Waals surface area contributed by atoms with Crippen molar-refractivity contribution in [3.63, 3.8) is 0 Å². The van der Waals surface area contributed by atoms with E-state index >= 15 is 0 Å². The minimum atomic E-state index is -0.119. The van der Waals surface area contributed by atoms with Crippen molar-refractivity contribution in [2.24, 2.45) is 5.92 Å². The van der Waals surface area contributed by atoms with Crippen LogP contribution in [0.2, 0.25) is 0 Å². The molecule has 1 saturated carbocycles. The van der Waals surface area contributed by atoms with E-state index in [1.165, 1.54) is 12.8 Å². The van der Waals surface area contributed by atoms with E-state index in [9.17, 15) is 4.39 Å². The Morgan fingerprint density at radius 2 is 2.14 bits per heavy atom. The number of hydrogen-bond acceptors (Lipinski definition) is 3. The lowest BCUT2D eigenvalue weighted by atomic mass is 10.1. The highest BCUT2D eigenvalue weighted by atomic mass is 19.1. The van der Waals surface area contributed by atoms with E-state index in [0.717, 1.165) is 24.3 Å². The second kappa shape index (κ2) is 7.76. The second-order valence-corrected chi connectivity index (χ2v) is 6.18. The monoisotopic (exact) mass is 294 g/mol. The van der Waals surface area contributed by atoms with Crippen LogP contribution in [-0.4, -0.2) is 32.8 Å². The highest BCUT2D eigenvalue weighted by molar-refractivity contribution is 5.56. The first-order valence-electron chi connectivity index (χ1n) is 7.87. The molecular weight excluding hydrogens is 267 g/mol. The number of anilines is 1. The van der Waals surface area contributed by atoms with Crippen LogP contribution in [0.25, 0.3) is 0 Å². The van der Waals surface area contributed by atoms with Crippen molar-refractivity contribution in [1.29, 1.82) is 0 Å². The van der Waals surface area contributed by atoms with E-state index in [2.05, 4.69) is 30.1 Å². The molecule has 21 heavy (non-hydrogen) atoms. The zero-order chi connectivity index (χ0) is 15.2. The molecule has 1 N–H and O–H groups in total. The molecule has 4 heteroatoms. The number of nitrogens with one attached hydrogen (secondary N) is 1. The van der Waals surface area contributed by atoms with Crippen molar-refractivity contribution in [3.05, 3.63) is 29.6 Å². The molecule has 0 heterocycles. The van der Waals surface area contributed by atoms with E-state index in [1.54, 1.807) is 13.2 Å². The molecule has 0 unspecified atom stereocenters. The minimum Gasteiger partial charge on any atom is -0.383 e. The molecule has 3 nitrogen and oxygen atoms in total.